The molecular formula is C34H41ClN6O5. The van der Waals surface area contributed by atoms with Crippen molar-refractivity contribution < 1.29 is 23.7 Å². The lowest BCUT2D eigenvalue weighted by Gasteiger charge is -2.35. The number of nitrogens with zero attached hydrogens (tertiary/aromatic N) is 6. The predicted molar refractivity (Wildman–Crippen MR) is 176 cm³/mol. The van der Waals surface area contributed by atoms with E-state index in [1.165, 1.54) is 6.33 Å². The molecule has 4 aromatic rings. The summed E-state index contributed by atoms with van der Waals surface area (Å²) in [5.41, 5.74) is 2.29. The summed E-state index contributed by atoms with van der Waals surface area (Å²) in [4.78, 5) is 30.5. The van der Waals surface area contributed by atoms with Crippen molar-refractivity contribution in [1.82, 2.24) is 29.3 Å². The number of amides is 1. The molecule has 2 aromatic heterocycles. The second kappa shape index (κ2) is 13.0. The van der Waals surface area contributed by atoms with Crippen LogP contribution in [0.25, 0.3) is 22.6 Å². The number of benzene rings is 2. The topological polar surface area (TPSA) is 104 Å². The number of halogens is 1. The maximum Gasteiger partial charge on any atom is 0.410 e. The number of imidazole rings is 1. The third-order valence-corrected chi connectivity index (χ3v) is 8.48. The van der Waals surface area contributed by atoms with E-state index in [0.29, 0.717) is 77.7 Å². The van der Waals surface area contributed by atoms with Gasteiger partial charge in [-0.3, -0.25) is 4.90 Å². The zero-order chi connectivity index (χ0) is 32.5. The molecule has 1 saturated heterocycles. The first kappa shape index (κ1) is 31.9. The van der Waals surface area contributed by atoms with Crippen LogP contribution in [0.5, 0.6) is 17.4 Å². The number of aromatic nitrogens is 4. The highest BCUT2D eigenvalue weighted by atomic mass is 35.5. The number of hydrogen-bond donors (Lipinski definition) is 0. The first-order valence-corrected chi connectivity index (χ1v) is 16.0. The van der Waals surface area contributed by atoms with Gasteiger partial charge in [0.05, 0.1) is 18.7 Å². The smallest absolute Gasteiger partial charge is 0.410 e. The van der Waals surface area contributed by atoms with Gasteiger partial charge in [0.25, 0.3) is 0 Å². The minimum Gasteiger partial charge on any atom is -0.493 e. The molecule has 0 unspecified atom stereocenters. The fraction of sp³-hybridized carbons (Fsp3) is 0.471. The SMILES string of the molecule is COc1cc(-c2nc3c(OC4(C)CC4)ncnc3n2Cc2ccccc2)c(Cl)cc1OCCN1CCN(C(=O)OC(C)(C)C)CC1. The maximum atomic E-state index is 12.4. The highest BCUT2D eigenvalue weighted by molar-refractivity contribution is 6.33. The van der Waals surface area contributed by atoms with Crippen molar-refractivity contribution >= 4 is 28.9 Å². The minimum atomic E-state index is -0.507. The van der Waals surface area contributed by atoms with Crippen LogP contribution in [-0.4, -0.2) is 93.1 Å². The van der Waals surface area contributed by atoms with Crippen molar-refractivity contribution in [3.63, 3.8) is 0 Å². The van der Waals surface area contributed by atoms with E-state index >= 15 is 0 Å². The monoisotopic (exact) mass is 648 g/mol. The molecule has 0 bridgehead atoms. The number of hydrogen-bond acceptors (Lipinski definition) is 9. The Morgan fingerprint density at radius 1 is 1.02 bits per heavy atom. The van der Waals surface area contributed by atoms with Gasteiger partial charge >= 0.3 is 6.09 Å². The van der Waals surface area contributed by atoms with Crippen molar-refractivity contribution in [2.24, 2.45) is 0 Å². The van der Waals surface area contributed by atoms with Gasteiger partial charge in [-0.1, -0.05) is 41.9 Å². The lowest BCUT2D eigenvalue weighted by molar-refractivity contribution is 0.0136. The molecule has 0 spiro atoms. The third-order valence-electron chi connectivity index (χ3n) is 8.16. The Kier molecular flexibility index (Phi) is 8.98. The summed E-state index contributed by atoms with van der Waals surface area (Å²) in [5, 5.41) is 0.468. The van der Waals surface area contributed by atoms with Crippen LogP contribution in [0.1, 0.15) is 46.1 Å². The van der Waals surface area contributed by atoms with E-state index in [0.717, 1.165) is 31.5 Å². The first-order valence-electron chi connectivity index (χ1n) is 15.7. The molecule has 2 aromatic carbocycles. The van der Waals surface area contributed by atoms with Crippen LogP contribution in [0, 0.1) is 0 Å². The van der Waals surface area contributed by atoms with Gasteiger partial charge < -0.3 is 28.4 Å². The van der Waals surface area contributed by atoms with Crippen molar-refractivity contribution in [3.8, 4) is 28.8 Å². The molecular weight excluding hydrogens is 608 g/mol. The summed E-state index contributed by atoms with van der Waals surface area (Å²) in [6.45, 7) is 12.1. The van der Waals surface area contributed by atoms with Crippen LogP contribution in [0.4, 0.5) is 4.79 Å². The summed E-state index contributed by atoms with van der Waals surface area (Å²) in [6.07, 6.45) is 3.20. The molecule has 12 heteroatoms. The van der Waals surface area contributed by atoms with Gasteiger partial charge in [0, 0.05) is 44.4 Å². The largest absolute Gasteiger partial charge is 0.493 e. The number of fused-ring (bicyclic) bond motifs is 1. The maximum absolute atomic E-state index is 12.4. The lowest BCUT2D eigenvalue weighted by Crippen LogP contribution is -2.50. The standard InChI is InChI=1S/C34H41ClN6O5/c1-33(2,3)46-32(42)40-15-13-39(14-16-40)17-18-44-27-20-25(35)24(19-26(27)43-5)29-38-28-30(41(29)21-23-9-7-6-8-10-23)36-22-37-31(28)45-34(4)11-12-34/h6-10,19-20,22H,11-18,21H2,1-5H3. The van der Waals surface area contributed by atoms with Crippen molar-refractivity contribution in [1.29, 1.82) is 0 Å². The van der Waals surface area contributed by atoms with E-state index in [9.17, 15) is 4.79 Å². The summed E-state index contributed by atoms with van der Waals surface area (Å²) in [5.74, 6) is 2.18. The average molecular weight is 649 g/mol. The quantitative estimate of drug-likeness (QED) is 0.203. The van der Waals surface area contributed by atoms with Crippen LogP contribution in [0.15, 0.2) is 48.8 Å². The molecule has 0 N–H and O–H groups in total. The molecule has 1 aliphatic heterocycles. The normalized spacial score (nSPS) is 16.3. The number of carbonyl (C=O) groups excluding carboxylic acids is 1. The zero-order valence-electron chi connectivity index (χ0n) is 27.1. The molecule has 3 heterocycles. The van der Waals surface area contributed by atoms with Crippen LogP contribution in [0.2, 0.25) is 5.02 Å². The van der Waals surface area contributed by atoms with E-state index in [1.54, 1.807) is 18.1 Å². The van der Waals surface area contributed by atoms with Gasteiger partial charge in [-0.05, 0) is 52.2 Å². The highest BCUT2D eigenvalue weighted by Crippen LogP contribution is 2.42. The number of methoxy groups -OCH3 is 1. The van der Waals surface area contributed by atoms with E-state index in [4.69, 9.17) is 35.5 Å². The second-order valence-electron chi connectivity index (χ2n) is 13.1. The fourth-order valence-electron chi connectivity index (χ4n) is 5.37. The third kappa shape index (κ3) is 7.31. The highest BCUT2D eigenvalue weighted by Gasteiger charge is 2.41. The summed E-state index contributed by atoms with van der Waals surface area (Å²) in [6, 6.07) is 13.8. The van der Waals surface area contributed by atoms with E-state index in [1.807, 2.05) is 49.6 Å². The Bertz CT molecular complexity index is 1690. The molecule has 1 saturated carbocycles. The Morgan fingerprint density at radius 2 is 1.76 bits per heavy atom. The Labute approximate surface area is 274 Å². The van der Waals surface area contributed by atoms with E-state index in [2.05, 4.69) is 33.9 Å². The van der Waals surface area contributed by atoms with E-state index < -0.39 is 5.60 Å². The van der Waals surface area contributed by atoms with Gasteiger partial charge in [0.1, 0.15) is 30.0 Å². The van der Waals surface area contributed by atoms with Gasteiger partial charge in [0.15, 0.2) is 22.7 Å². The Balaban J connectivity index is 1.21. The Morgan fingerprint density at radius 3 is 2.43 bits per heavy atom. The van der Waals surface area contributed by atoms with Gasteiger partial charge in [0.2, 0.25) is 5.88 Å². The molecule has 1 amide bonds. The van der Waals surface area contributed by atoms with Crippen molar-refractivity contribution in [2.75, 3.05) is 46.4 Å². The number of carbonyl (C=O) groups is 1. The summed E-state index contributed by atoms with van der Waals surface area (Å²) in [7, 11) is 1.61. The summed E-state index contributed by atoms with van der Waals surface area (Å²) < 4.78 is 25.8. The lowest BCUT2D eigenvalue weighted by atomic mass is 10.1. The van der Waals surface area contributed by atoms with E-state index in [-0.39, 0.29) is 11.7 Å². The van der Waals surface area contributed by atoms with Crippen molar-refractivity contribution in [3.05, 3.63) is 59.4 Å². The Hall–Kier alpha value is -4.09. The number of rotatable bonds is 10. The zero-order valence-corrected chi connectivity index (χ0v) is 27.8. The molecule has 11 nitrogen and oxygen atoms in total. The van der Waals surface area contributed by atoms with Gasteiger partial charge in [-0.25, -0.2) is 14.8 Å². The first-order chi connectivity index (χ1) is 22.0. The van der Waals surface area contributed by atoms with Crippen LogP contribution < -0.4 is 14.2 Å². The van der Waals surface area contributed by atoms with Crippen LogP contribution >= 0.6 is 11.6 Å². The molecule has 1 aliphatic carbocycles. The molecule has 2 aliphatic rings. The summed E-state index contributed by atoms with van der Waals surface area (Å²) >= 11 is 6.95. The molecule has 2 fully saturated rings. The molecule has 46 heavy (non-hydrogen) atoms. The number of piperazine rings is 1. The van der Waals surface area contributed by atoms with Crippen molar-refractivity contribution in [2.45, 2.75) is 58.3 Å². The molecule has 6 rings (SSSR count). The average Bonchev–Trinajstić information content (AvgIpc) is 3.64. The van der Waals surface area contributed by atoms with Crippen LogP contribution in [-0.2, 0) is 11.3 Å². The molecule has 244 valence electrons. The van der Waals surface area contributed by atoms with Crippen LogP contribution in [0.3, 0.4) is 0 Å². The van der Waals surface area contributed by atoms with Gasteiger partial charge in [-0.15, -0.1) is 0 Å². The second-order valence-corrected chi connectivity index (χ2v) is 13.5. The number of ether oxygens (including phenoxy) is 4. The molecule has 0 atom stereocenters. The van der Waals surface area contributed by atoms with Gasteiger partial charge in [-0.2, -0.15) is 4.98 Å². The predicted octanol–water partition coefficient (Wildman–Crippen LogP) is 6.07. The molecule has 0 radical (unpaired) electrons. The fourth-order valence-corrected chi connectivity index (χ4v) is 5.61. The minimum absolute atomic E-state index is 0.226.